The third-order valence-electron chi connectivity index (χ3n) is 15.3. The van der Waals surface area contributed by atoms with Crippen molar-refractivity contribution in [2.24, 2.45) is 0 Å². The molecule has 0 bridgehead atoms. The van der Waals surface area contributed by atoms with Crippen LogP contribution >= 0.6 is 15.9 Å². The van der Waals surface area contributed by atoms with Crippen molar-refractivity contribution in [2.45, 2.75) is 219 Å². The Morgan fingerprint density at radius 1 is 0.568 bits per heavy atom. The van der Waals surface area contributed by atoms with E-state index in [2.05, 4.69) is 142 Å². The van der Waals surface area contributed by atoms with Gasteiger partial charge in [0.15, 0.2) is 6.29 Å². The average molecular weight is 1080 g/mol. The molecule has 0 spiro atoms. The van der Waals surface area contributed by atoms with Gasteiger partial charge in [-0.05, 0) is 145 Å². The van der Waals surface area contributed by atoms with Crippen molar-refractivity contribution in [3.63, 3.8) is 0 Å². The molecule has 1 atom stereocenters. The molecule has 0 amide bonds. The topological polar surface area (TPSA) is 83.4 Å². The first-order valence-corrected chi connectivity index (χ1v) is 29.9. The molecule has 2 fully saturated rings. The van der Waals surface area contributed by atoms with Gasteiger partial charge in [0.25, 0.3) is 0 Å². The first-order chi connectivity index (χ1) is 36.0. The highest BCUT2D eigenvalue weighted by Gasteiger charge is 2.50. The van der Waals surface area contributed by atoms with Crippen molar-refractivity contribution in [1.82, 2.24) is 0 Å². The Morgan fingerprint density at radius 2 is 1.07 bits per heavy atom. The first-order valence-electron chi connectivity index (χ1n) is 29.1. The average Bonchev–Trinajstić information content (AvgIpc) is 4.09. The van der Waals surface area contributed by atoms with E-state index in [0.717, 1.165) is 84.2 Å². The molecule has 6 aromatic rings. The molecule has 2 saturated heterocycles. The fourth-order valence-corrected chi connectivity index (χ4v) is 10.4. The number of aryl methyl sites for hydroxylation is 3. The summed E-state index contributed by atoms with van der Waals surface area (Å²) in [5.74, 6) is 1.93. The number of hydrogen-bond donors (Lipinski definition) is 1. The molecule has 2 aliphatic heterocycles. The molecule has 7 nitrogen and oxygen atoms in total. The number of halogens is 1. The second-order valence-electron chi connectivity index (χ2n) is 21.8. The molecular formula is C65H92BBrO7. The summed E-state index contributed by atoms with van der Waals surface area (Å²) in [6, 6.07) is 34.0. The van der Waals surface area contributed by atoms with E-state index < -0.39 is 0 Å². The smallest absolute Gasteiger partial charge is 0.456 e. The van der Waals surface area contributed by atoms with E-state index in [4.69, 9.17) is 32.7 Å². The molecule has 404 valence electrons. The molecule has 8 rings (SSSR count). The van der Waals surface area contributed by atoms with Crippen LogP contribution < -0.4 is 0 Å². The Balaban J connectivity index is 0.000000185. The van der Waals surface area contributed by atoms with Gasteiger partial charge in [0.1, 0.15) is 22.7 Å². The quantitative estimate of drug-likeness (QED) is 0.0387. The van der Waals surface area contributed by atoms with E-state index in [-0.39, 0.29) is 24.6 Å². The summed E-state index contributed by atoms with van der Waals surface area (Å²) in [4.78, 5) is 0. The zero-order valence-corrected chi connectivity index (χ0v) is 48.1. The second-order valence-corrected chi connectivity index (χ2v) is 22.7. The van der Waals surface area contributed by atoms with E-state index in [0.29, 0.717) is 6.61 Å². The van der Waals surface area contributed by atoms with Gasteiger partial charge in [0.2, 0.25) is 0 Å². The number of ether oxygens (including phenoxy) is 2. The zero-order chi connectivity index (χ0) is 52.4. The van der Waals surface area contributed by atoms with Gasteiger partial charge in [0.05, 0.1) is 11.2 Å². The normalized spacial score (nSPS) is 16.1. The molecule has 9 heteroatoms. The molecule has 0 aliphatic carbocycles. The highest BCUT2D eigenvalue weighted by atomic mass is 79.9. The van der Waals surface area contributed by atoms with E-state index in [1.54, 1.807) is 0 Å². The van der Waals surface area contributed by atoms with Crippen LogP contribution in [0.3, 0.4) is 0 Å². The number of fused-ring (bicyclic) bond motifs is 2. The molecule has 0 radical (unpaired) electrons. The van der Waals surface area contributed by atoms with Crippen molar-refractivity contribution >= 4 is 45.0 Å². The second kappa shape index (κ2) is 32.1. The van der Waals surface area contributed by atoms with Crippen LogP contribution in [0.25, 0.3) is 44.6 Å². The predicted molar refractivity (Wildman–Crippen MR) is 314 cm³/mol. The highest BCUT2D eigenvalue weighted by molar-refractivity contribution is 9.10. The summed E-state index contributed by atoms with van der Waals surface area (Å²) in [5, 5.41) is 11.1. The van der Waals surface area contributed by atoms with Crippen molar-refractivity contribution < 1.29 is 32.7 Å². The molecule has 1 unspecified atom stereocenters. The SMILES string of the molecule is CC1(C)OB(CCCCCCCCCCCOC2CCCCO2)OC1(C)C.CCc1ccccc1-c1cc2ccc(Br)cc2o1.CCc1ccccc1-c1cc2ccc(CCCCCCCCCCCO)cc2o1. The Kier molecular flexibility index (Phi) is 25.9. The van der Waals surface area contributed by atoms with Gasteiger partial charge in [-0.25, -0.2) is 0 Å². The minimum Gasteiger partial charge on any atom is -0.456 e. The van der Waals surface area contributed by atoms with Crippen LogP contribution in [0.2, 0.25) is 6.32 Å². The third kappa shape index (κ3) is 19.4. The summed E-state index contributed by atoms with van der Waals surface area (Å²) in [6.07, 6.45) is 30.8. The van der Waals surface area contributed by atoms with Gasteiger partial charge in [-0.3, -0.25) is 0 Å². The number of unbranched alkanes of at least 4 members (excludes halogenated alkanes) is 16. The van der Waals surface area contributed by atoms with Crippen molar-refractivity contribution in [2.75, 3.05) is 19.8 Å². The lowest BCUT2D eigenvalue weighted by molar-refractivity contribution is -0.162. The number of aliphatic hydroxyl groups is 1. The number of aliphatic hydroxyl groups excluding tert-OH is 1. The highest BCUT2D eigenvalue weighted by Crippen LogP contribution is 2.38. The number of hydrogen-bond acceptors (Lipinski definition) is 7. The molecule has 4 heterocycles. The Hall–Kier alpha value is -3.70. The van der Waals surface area contributed by atoms with Gasteiger partial charge in [0, 0.05) is 46.2 Å². The lowest BCUT2D eigenvalue weighted by Crippen LogP contribution is -2.41. The Labute approximate surface area is 455 Å². The van der Waals surface area contributed by atoms with Crippen molar-refractivity contribution in [1.29, 1.82) is 0 Å². The maximum Gasteiger partial charge on any atom is 0.457 e. The van der Waals surface area contributed by atoms with Crippen molar-refractivity contribution in [3.05, 3.63) is 118 Å². The van der Waals surface area contributed by atoms with Gasteiger partial charge in [-0.15, -0.1) is 0 Å². The van der Waals surface area contributed by atoms with Gasteiger partial charge >= 0.3 is 7.12 Å². The Morgan fingerprint density at radius 3 is 1.61 bits per heavy atom. The number of benzene rings is 4. The summed E-state index contributed by atoms with van der Waals surface area (Å²) >= 11 is 3.47. The summed E-state index contributed by atoms with van der Waals surface area (Å²) in [5.41, 5.74) is 7.98. The molecule has 4 aromatic carbocycles. The summed E-state index contributed by atoms with van der Waals surface area (Å²) in [7, 11) is -0.0174. The van der Waals surface area contributed by atoms with E-state index >= 15 is 0 Å². The number of rotatable bonds is 28. The minimum absolute atomic E-state index is 0.0174. The summed E-state index contributed by atoms with van der Waals surface area (Å²) in [6.45, 7) is 15.0. The Bertz CT molecular complexity index is 2470. The molecule has 0 saturated carbocycles. The van der Waals surface area contributed by atoms with Crippen LogP contribution in [0, 0.1) is 0 Å². The zero-order valence-electron chi connectivity index (χ0n) is 46.5. The predicted octanol–water partition coefficient (Wildman–Crippen LogP) is 19.3. The molecule has 2 aliphatic rings. The summed E-state index contributed by atoms with van der Waals surface area (Å²) < 4.78 is 36.7. The van der Waals surface area contributed by atoms with Crippen LogP contribution in [-0.4, -0.2) is 49.5 Å². The molecular weight excluding hydrogens is 983 g/mol. The maximum atomic E-state index is 8.79. The monoisotopic (exact) mass is 1070 g/mol. The van der Waals surface area contributed by atoms with E-state index in [9.17, 15) is 0 Å². The maximum absolute atomic E-state index is 8.79. The van der Waals surface area contributed by atoms with Gasteiger partial charge in [-0.2, -0.15) is 0 Å². The van der Waals surface area contributed by atoms with Gasteiger partial charge in [-0.1, -0.05) is 187 Å². The number of furan rings is 2. The fraction of sp³-hybridized carbons (Fsp3) is 0.569. The van der Waals surface area contributed by atoms with Crippen LogP contribution in [0.5, 0.6) is 0 Å². The van der Waals surface area contributed by atoms with E-state index in [1.165, 1.54) is 155 Å². The van der Waals surface area contributed by atoms with Crippen LogP contribution in [0.1, 0.15) is 193 Å². The molecule has 2 aromatic heterocycles. The lowest BCUT2D eigenvalue weighted by Gasteiger charge is -2.32. The standard InChI is InChI=1S/C27H36O2.C22H43BO4.C16H13BrO/c1-2-23-15-11-12-16-25(23)27-21-24-18-17-22(20-26(24)29-27)14-10-8-6-4-3-5-7-9-13-19-28;1-21(2)22(3,4)27-23(26-21)17-13-10-8-6-5-7-9-11-14-18-24-20-16-12-15-19-25-20;1-2-11-5-3-4-6-14(11)16-9-12-7-8-13(17)10-15(12)18-16/h11-12,15-18,20-21,28H,2-10,13-14,19H2,1H3;20H,5-19H2,1-4H3;3-10H,2H2,1H3. The largest absolute Gasteiger partial charge is 0.457 e. The van der Waals surface area contributed by atoms with Crippen LogP contribution in [0.4, 0.5) is 0 Å². The first kappa shape index (κ1) is 59.5. The fourth-order valence-electron chi connectivity index (χ4n) is 10.1. The third-order valence-corrected chi connectivity index (χ3v) is 15.8. The van der Waals surface area contributed by atoms with Crippen LogP contribution in [-0.2, 0) is 38.0 Å². The van der Waals surface area contributed by atoms with Gasteiger partial charge < -0.3 is 32.7 Å². The lowest BCUT2D eigenvalue weighted by atomic mass is 9.82. The van der Waals surface area contributed by atoms with E-state index in [1.807, 2.05) is 12.1 Å². The molecule has 1 N–H and O–H groups in total. The van der Waals surface area contributed by atoms with Crippen LogP contribution in [0.15, 0.2) is 110 Å². The van der Waals surface area contributed by atoms with Crippen molar-refractivity contribution in [3.8, 4) is 22.6 Å². The molecule has 74 heavy (non-hydrogen) atoms. The minimum atomic E-state index is -0.188.